The topological polar surface area (TPSA) is 35.2 Å². The van der Waals surface area contributed by atoms with Crippen LogP contribution in [0.5, 0.6) is 5.75 Å². The van der Waals surface area contributed by atoms with Gasteiger partial charge in [0.2, 0.25) is 0 Å². The lowest BCUT2D eigenvalue weighted by Gasteiger charge is -2.13. The molecule has 102 valence electrons. The Hall–Kier alpha value is -0.840. The lowest BCUT2D eigenvalue weighted by Crippen LogP contribution is -2.12. The Kier molecular flexibility index (Phi) is 5.02. The normalized spacial score (nSPS) is 12.4. The molecule has 0 aliphatic rings. The molecule has 1 aromatic heterocycles. The molecule has 1 aromatic carbocycles. The summed E-state index contributed by atoms with van der Waals surface area (Å²) in [6, 6.07) is 10.1. The van der Waals surface area contributed by atoms with Crippen molar-refractivity contribution in [3.63, 3.8) is 0 Å². The van der Waals surface area contributed by atoms with Gasteiger partial charge >= 0.3 is 0 Å². The first-order chi connectivity index (χ1) is 9.11. The summed E-state index contributed by atoms with van der Waals surface area (Å²) in [7, 11) is 0. The highest BCUT2D eigenvalue weighted by atomic mass is 79.9. The first kappa shape index (κ1) is 14.6. The summed E-state index contributed by atoms with van der Waals surface area (Å²) in [4.78, 5) is 1.25. The number of thiophene rings is 1. The fraction of sp³-hybridized carbons (Fsp3) is 0.333. The zero-order valence-corrected chi connectivity index (χ0v) is 13.6. The van der Waals surface area contributed by atoms with Crippen LogP contribution in [-0.4, -0.2) is 6.61 Å². The van der Waals surface area contributed by atoms with Crippen LogP contribution in [0.3, 0.4) is 0 Å². The monoisotopic (exact) mass is 339 g/mol. The maximum atomic E-state index is 6.36. The summed E-state index contributed by atoms with van der Waals surface area (Å²) in [5.74, 6) is 0.891. The van der Waals surface area contributed by atoms with Gasteiger partial charge in [0.05, 0.1) is 16.4 Å². The van der Waals surface area contributed by atoms with Crippen molar-refractivity contribution >= 4 is 27.3 Å². The second-order valence-corrected chi connectivity index (χ2v) is 7.10. The van der Waals surface area contributed by atoms with Crippen molar-refractivity contribution in [2.45, 2.75) is 26.3 Å². The molecule has 0 bridgehead atoms. The van der Waals surface area contributed by atoms with Gasteiger partial charge in [-0.15, -0.1) is 11.3 Å². The van der Waals surface area contributed by atoms with Gasteiger partial charge in [-0.05, 0) is 58.6 Å². The van der Waals surface area contributed by atoms with Gasteiger partial charge in [0, 0.05) is 4.88 Å². The van der Waals surface area contributed by atoms with E-state index in [4.69, 9.17) is 10.5 Å². The van der Waals surface area contributed by atoms with Crippen molar-refractivity contribution in [3.8, 4) is 5.75 Å². The molecule has 1 atom stereocenters. The van der Waals surface area contributed by atoms with E-state index < -0.39 is 0 Å². The number of nitrogens with two attached hydrogens (primary N) is 1. The second kappa shape index (κ2) is 6.55. The third-order valence-electron chi connectivity index (χ3n) is 2.95. The van der Waals surface area contributed by atoms with Gasteiger partial charge in [0.1, 0.15) is 5.75 Å². The van der Waals surface area contributed by atoms with Gasteiger partial charge in [-0.3, -0.25) is 0 Å². The highest BCUT2D eigenvalue weighted by Crippen LogP contribution is 2.33. The predicted octanol–water partition coefficient (Wildman–Crippen LogP) is 4.66. The van der Waals surface area contributed by atoms with E-state index in [-0.39, 0.29) is 6.04 Å². The van der Waals surface area contributed by atoms with E-state index in [1.165, 1.54) is 10.4 Å². The molecular formula is C15H18BrNOS. The van der Waals surface area contributed by atoms with Crippen LogP contribution >= 0.6 is 27.3 Å². The van der Waals surface area contributed by atoms with Crippen LogP contribution in [0.25, 0.3) is 0 Å². The van der Waals surface area contributed by atoms with Crippen molar-refractivity contribution < 1.29 is 4.74 Å². The number of hydrogen-bond acceptors (Lipinski definition) is 3. The average molecular weight is 340 g/mol. The molecule has 2 aromatic rings. The number of rotatable bonds is 5. The zero-order chi connectivity index (χ0) is 13.8. The average Bonchev–Trinajstić information content (AvgIpc) is 2.75. The molecule has 0 spiro atoms. The molecule has 2 nitrogen and oxygen atoms in total. The summed E-state index contributed by atoms with van der Waals surface area (Å²) in [5, 5.41) is 0. The van der Waals surface area contributed by atoms with Crippen LogP contribution in [0, 0.1) is 6.92 Å². The smallest absolute Gasteiger partial charge is 0.119 e. The quantitative estimate of drug-likeness (QED) is 0.859. The SMILES string of the molecule is CCCOc1cccc(C(N)c2cc(Br)sc2C)c1. The maximum absolute atomic E-state index is 6.36. The van der Waals surface area contributed by atoms with Gasteiger partial charge in [-0.2, -0.15) is 0 Å². The van der Waals surface area contributed by atoms with Gasteiger partial charge in [-0.25, -0.2) is 0 Å². The molecule has 0 saturated carbocycles. The Balaban J connectivity index is 2.23. The Labute approximate surface area is 126 Å². The third kappa shape index (κ3) is 3.59. The van der Waals surface area contributed by atoms with E-state index in [1.807, 2.05) is 18.2 Å². The van der Waals surface area contributed by atoms with Crippen LogP contribution < -0.4 is 10.5 Å². The van der Waals surface area contributed by atoms with Crippen LogP contribution in [-0.2, 0) is 0 Å². The lowest BCUT2D eigenvalue weighted by atomic mass is 10.0. The molecule has 2 N–H and O–H groups in total. The molecule has 0 aliphatic heterocycles. The molecule has 0 saturated heterocycles. The zero-order valence-electron chi connectivity index (χ0n) is 11.2. The summed E-state index contributed by atoms with van der Waals surface area (Å²) < 4.78 is 6.77. The molecule has 0 amide bonds. The molecule has 4 heteroatoms. The predicted molar refractivity (Wildman–Crippen MR) is 85.0 cm³/mol. The van der Waals surface area contributed by atoms with E-state index in [9.17, 15) is 0 Å². The fourth-order valence-corrected chi connectivity index (χ4v) is 3.72. The number of ether oxygens (including phenoxy) is 1. The first-order valence-electron chi connectivity index (χ1n) is 6.36. The van der Waals surface area contributed by atoms with Crippen LogP contribution in [0.2, 0.25) is 0 Å². The van der Waals surface area contributed by atoms with E-state index in [0.717, 1.165) is 28.1 Å². The summed E-state index contributed by atoms with van der Waals surface area (Å²) in [6.45, 7) is 4.94. The second-order valence-electron chi connectivity index (χ2n) is 4.46. The molecule has 2 rings (SSSR count). The highest BCUT2D eigenvalue weighted by molar-refractivity contribution is 9.11. The minimum absolute atomic E-state index is 0.104. The lowest BCUT2D eigenvalue weighted by molar-refractivity contribution is 0.317. The number of halogens is 1. The Bertz CT molecular complexity index is 553. The molecule has 1 heterocycles. The Morgan fingerprint density at radius 2 is 2.16 bits per heavy atom. The molecule has 1 unspecified atom stereocenters. The molecule has 0 fully saturated rings. The standard InChI is InChI=1S/C15H18BrNOS/c1-3-7-18-12-6-4-5-11(8-12)15(17)13-9-14(16)19-10(13)2/h4-6,8-9,15H,3,7,17H2,1-2H3. The summed E-state index contributed by atoms with van der Waals surface area (Å²) >= 11 is 5.23. The van der Waals surface area contributed by atoms with Gasteiger partial charge in [0.15, 0.2) is 0 Å². The molecule has 19 heavy (non-hydrogen) atoms. The first-order valence-corrected chi connectivity index (χ1v) is 7.97. The van der Waals surface area contributed by atoms with Crippen molar-refractivity contribution in [3.05, 3.63) is 50.1 Å². The van der Waals surface area contributed by atoms with Gasteiger partial charge in [0.25, 0.3) is 0 Å². The van der Waals surface area contributed by atoms with E-state index in [0.29, 0.717) is 0 Å². The van der Waals surface area contributed by atoms with E-state index >= 15 is 0 Å². The fourth-order valence-electron chi connectivity index (χ4n) is 1.96. The van der Waals surface area contributed by atoms with Gasteiger partial charge < -0.3 is 10.5 Å². The van der Waals surface area contributed by atoms with Crippen molar-refractivity contribution in [1.82, 2.24) is 0 Å². The van der Waals surface area contributed by atoms with Crippen molar-refractivity contribution in [2.24, 2.45) is 5.73 Å². The van der Waals surface area contributed by atoms with E-state index in [2.05, 4.69) is 41.9 Å². The largest absolute Gasteiger partial charge is 0.494 e. The highest BCUT2D eigenvalue weighted by Gasteiger charge is 2.14. The van der Waals surface area contributed by atoms with Crippen LogP contribution in [0.15, 0.2) is 34.1 Å². The number of hydrogen-bond donors (Lipinski definition) is 1. The van der Waals surface area contributed by atoms with Gasteiger partial charge in [-0.1, -0.05) is 19.1 Å². The summed E-state index contributed by atoms with van der Waals surface area (Å²) in [5.41, 5.74) is 8.61. The maximum Gasteiger partial charge on any atom is 0.119 e. The Morgan fingerprint density at radius 3 is 2.79 bits per heavy atom. The van der Waals surface area contributed by atoms with Crippen LogP contribution in [0.1, 0.15) is 35.4 Å². The molecular weight excluding hydrogens is 322 g/mol. The van der Waals surface area contributed by atoms with E-state index in [1.54, 1.807) is 11.3 Å². The summed E-state index contributed by atoms with van der Waals surface area (Å²) in [6.07, 6.45) is 1.01. The van der Waals surface area contributed by atoms with Crippen molar-refractivity contribution in [1.29, 1.82) is 0 Å². The minimum Gasteiger partial charge on any atom is -0.494 e. The van der Waals surface area contributed by atoms with Crippen molar-refractivity contribution in [2.75, 3.05) is 6.61 Å². The number of aryl methyl sites for hydroxylation is 1. The Morgan fingerprint density at radius 1 is 1.37 bits per heavy atom. The van der Waals surface area contributed by atoms with Crippen LogP contribution in [0.4, 0.5) is 0 Å². The third-order valence-corrected chi connectivity index (χ3v) is 4.52. The number of benzene rings is 1. The molecule has 0 radical (unpaired) electrons. The minimum atomic E-state index is -0.104. The molecule has 0 aliphatic carbocycles.